The van der Waals surface area contributed by atoms with E-state index in [4.69, 9.17) is 11.6 Å². The van der Waals surface area contributed by atoms with E-state index in [2.05, 4.69) is 0 Å². The summed E-state index contributed by atoms with van der Waals surface area (Å²) in [6.07, 6.45) is 2.27. The van der Waals surface area contributed by atoms with Crippen LogP contribution in [0.25, 0.3) is 0 Å². The maximum absolute atomic E-state index is 12.5. The summed E-state index contributed by atoms with van der Waals surface area (Å²) in [5.74, 6) is -1.02. The molecule has 0 aliphatic carbocycles. The third kappa shape index (κ3) is 4.14. The highest BCUT2D eigenvalue weighted by atomic mass is 35.5. The highest BCUT2D eigenvalue weighted by Gasteiger charge is 2.34. The van der Waals surface area contributed by atoms with Crippen LogP contribution >= 0.6 is 23.4 Å². The number of halogens is 1. The third-order valence-electron chi connectivity index (χ3n) is 3.55. The minimum Gasteiger partial charge on any atom is -0.480 e. The van der Waals surface area contributed by atoms with Crippen LogP contribution in [0.1, 0.15) is 26.2 Å². The Balaban J connectivity index is 2.03. The monoisotopic (exact) mass is 327 g/mol. The summed E-state index contributed by atoms with van der Waals surface area (Å²) in [5.41, 5.74) is 0. The molecule has 1 amide bonds. The Labute approximate surface area is 133 Å². The van der Waals surface area contributed by atoms with Gasteiger partial charge in [-0.25, -0.2) is 4.79 Å². The van der Waals surface area contributed by atoms with E-state index in [9.17, 15) is 14.7 Å². The van der Waals surface area contributed by atoms with E-state index in [1.165, 1.54) is 16.7 Å². The number of piperidine rings is 1. The van der Waals surface area contributed by atoms with Gasteiger partial charge in [-0.2, -0.15) is 0 Å². The van der Waals surface area contributed by atoms with Crippen LogP contribution in [0.4, 0.5) is 0 Å². The molecule has 1 N–H and O–H groups in total. The van der Waals surface area contributed by atoms with Gasteiger partial charge >= 0.3 is 5.97 Å². The van der Waals surface area contributed by atoms with Gasteiger partial charge in [-0.3, -0.25) is 4.79 Å². The predicted octanol–water partition coefficient (Wildman–Crippen LogP) is 3.29. The number of carbonyl (C=O) groups is 2. The lowest BCUT2D eigenvalue weighted by molar-refractivity contribution is -0.151. The Hall–Kier alpha value is -1.20. The van der Waals surface area contributed by atoms with Crippen molar-refractivity contribution in [2.45, 2.75) is 42.4 Å². The molecule has 1 heterocycles. The van der Waals surface area contributed by atoms with Gasteiger partial charge in [0.15, 0.2) is 0 Å². The molecular weight excluding hydrogens is 310 g/mol. The van der Waals surface area contributed by atoms with Gasteiger partial charge in [0.2, 0.25) is 5.91 Å². The molecule has 1 aliphatic rings. The Morgan fingerprint density at radius 1 is 1.33 bits per heavy atom. The van der Waals surface area contributed by atoms with E-state index in [0.717, 1.165) is 17.7 Å². The number of carboxylic acid groups (broad SMARTS) is 1. The molecule has 2 unspecified atom stereocenters. The highest BCUT2D eigenvalue weighted by Crippen LogP contribution is 2.28. The summed E-state index contributed by atoms with van der Waals surface area (Å²) in [4.78, 5) is 26.2. The van der Waals surface area contributed by atoms with Crippen molar-refractivity contribution in [1.82, 2.24) is 4.90 Å². The third-order valence-corrected chi connectivity index (χ3v) is 4.90. The van der Waals surface area contributed by atoms with Crippen LogP contribution in [0.2, 0.25) is 5.02 Å². The van der Waals surface area contributed by atoms with Crippen LogP contribution in [0.3, 0.4) is 0 Å². The zero-order chi connectivity index (χ0) is 15.4. The summed E-state index contributed by atoms with van der Waals surface area (Å²) < 4.78 is 0. The largest absolute Gasteiger partial charge is 0.480 e. The number of thioether (sulfide) groups is 1. The smallest absolute Gasteiger partial charge is 0.326 e. The molecule has 0 radical (unpaired) electrons. The first-order valence-corrected chi connectivity index (χ1v) is 8.20. The van der Waals surface area contributed by atoms with E-state index in [0.29, 0.717) is 18.0 Å². The average Bonchev–Trinajstić information content (AvgIpc) is 2.48. The van der Waals surface area contributed by atoms with Crippen molar-refractivity contribution < 1.29 is 14.7 Å². The highest BCUT2D eigenvalue weighted by molar-refractivity contribution is 8.00. The van der Waals surface area contributed by atoms with E-state index >= 15 is 0 Å². The van der Waals surface area contributed by atoms with Crippen molar-refractivity contribution in [3.05, 3.63) is 29.3 Å². The maximum Gasteiger partial charge on any atom is 0.326 e. The Morgan fingerprint density at radius 2 is 2.00 bits per heavy atom. The summed E-state index contributed by atoms with van der Waals surface area (Å²) in [7, 11) is 0. The molecule has 1 fully saturated rings. The minimum atomic E-state index is -0.910. The molecule has 114 valence electrons. The molecule has 1 aromatic carbocycles. The second-order valence-electron chi connectivity index (χ2n) is 5.10. The van der Waals surface area contributed by atoms with Gasteiger partial charge in [0.05, 0.1) is 5.25 Å². The van der Waals surface area contributed by atoms with Crippen molar-refractivity contribution in [3.63, 3.8) is 0 Å². The van der Waals surface area contributed by atoms with Crippen LogP contribution in [-0.2, 0) is 9.59 Å². The lowest BCUT2D eigenvalue weighted by Gasteiger charge is -2.34. The van der Waals surface area contributed by atoms with Gasteiger partial charge in [-0.1, -0.05) is 11.6 Å². The molecular formula is C15H18ClNO3S. The molecule has 0 spiro atoms. The van der Waals surface area contributed by atoms with Crippen molar-refractivity contribution in [3.8, 4) is 0 Å². The number of hydrogen-bond donors (Lipinski definition) is 1. The number of likely N-dealkylation sites (tertiary alicyclic amines) is 1. The first-order chi connectivity index (χ1) is 9.99. The van der Waals surface area contributed by atoms with E-state index in [1.807, 2.05) is 19.1 Å². The van der Waals surface area contributed by atoms with Crippen molar-refractivity contribution in [2.75, 3.05) is 6.54 Å². The number of hydrogen-bond acceptors (Lipinski definition) is 3. The number of nitrogens with zero attached hydrogens (tertiary/aromatic N) is 1. The summed E-state index contributed by atoms with van der Waals surface area (Å²) in [6, 6.07) is 6.60. The molecule has 1 aromatic rings. The SMILES string of the molecule is CC(Sc1ccc(Cl)cc1)C(=O)N1CCCCC1C(=O)O. The molecule has 2 rings (SSSR count). The lowest BCUT2D eigenvalue weighted by atomic mass is 10.0. The average molecular weight is 328 g/mol. The van der Waals surface area contributed by atoms with Gasteiger partial charge in [-0.15, -0.1) is 11.8 Å². The number of carboxylic acids is 1. The summed E-state index contributed by atoms with van der Waals surface area (Å²) >= 11 is 7.26. The second-order valence-corrected chi connectivity index (χ2v) is 6.95. The van der Waals surface area contributed by atoms with Crippen molar-refractivity contribution in [1.29, 1.82) is 0 Å². The lowest BCUT2D eigenvalue weighted by Crippen LogP contribution is -2.50. The number of benzene rings is 1. The fourth-order valence-corrected chi connectivity index (χ4v) is 3.52. The van der Waals surface area contributed by atoms with Gasteiger partial charge in [0.25, 0.3) is 0 Å². The molecule has 6 heteroatoms. The molecule has 1 saturated heterocycles. The zero-order valence-corrected chi connectivity index (χ0v) is 13.4. The number of rotatable bonds is 4. The van der Waals surface area contributed by atoms with Crippen molar-refractivity contribution >= 4 is 35.2 Å². The number of aliphatic carboxylic acids is 1. The van der Waals surface area contributed by atoms with Crippen LogP contribution in [0.5, 0.6) is 0 Å². The van der Waals surface area contributed by atoms with Crippen LogP contribution in [-0.4, -0.2) is 39.7 Å². The van der Waals surface area contributed by atoms with Gasteiger partial charge in [-0.05, 0) is 50.5 Å². The summed E-state index contributed by atoms with van der Waals surface area (Å²) in [6.45, 7) is 2.34. The normalized spacial score (nSPS) is 20.1. The maximum atomic E-state index is 12.5. The Morgan fingerprint density at radius 3 is 2.62 bits per heavy atom. The predicted molar refractivity (Wildman–Crippen MR) is 83.8 cm³/mol. The molecule has 0 aromatic heterocycles. The van der Waals surface area contributed by atoms with E-state index in [-0.39, 0.29) is 11.2 Å². The van der Waals surface area contributed by atoms with Gasteiger partial charge in [0.1, 0.15) is 6.04 Å². The van der Waals surface area contributed by atoms with Gasteiger partial charge < -0.3 is 10.0 Å². The van der Waals surface area contributed by atoms with E-state index in [1.54, 1.807) is 12.1 Å². The van der Waals surface area contributed by atoms with Crippen LogP contribution in [0.15, 0.2) is 29.2 Å². The second kappa shape index (κ2) is 7.18. The van der Waals surface area contributed by atoms with Crippen LogP contribution < -0.4 is 0 Å². The number of amides is 1. The number of carbonyl (C=O) groups excluding carboxylic acids is 1. The first kappa shape index (κ1) is 16.2. The molecule has 0 saturated carbocycles. The molecule has 21 heavy (non-hydrogen) atoms. The zero-order valence-electron chi connectivity index (χ0n) is 11.8. The molecule has 1 aliphatic heterocycles. The first-order valence-electron chi connectivity index (χ1n) is 6.94. The standard InChI is InChI=1S/C15H18ClNO3S/c1-10(21-12-7-5-11(16)6-8-12)14(18)17-9-3-2-4-13(17)15(19)20/h5-8,10,13H,2-4,9H2,1H3,(H,19,20). The molecule has 0 bridgehead atoms. The fraction of sp³-hybridized carbons (Fsp3) is 0.467. The van der Waals surface area contributed by atoms with E-state index < -0.39 is 12.0 Å². The van der Waals surface area contributed by atoms with Crippen LogP contribution in [0, 0.1) is 0 Å². The minimum absolute atomic E-state index is 0.109. The Bertz CT molecular complexity index is 520. The van der Waals surface area contributed by atoms with Crippen molar-refractivity contribution in [2.24, 2.45) is 0 Å². The quantitative estimate of drug-likeness (QED) is 0.862. The summed E-state index contributed by atoms with van der Waals surface area (Å²) in [5, 5.41) is 9.58. The molecule has 2 atom stereocenters. The Kier molecular flexibility index (Phi) is 5.53. The topological polar surface area (TPSA) is 57.6 Å². The van der Waals surface area contributed by atoms with Gasteiger partial charge in [0, 0.05) is 16.5 Å². The fourth-order valence-electron chi connectivity index (χ4n) is 2.45. The molecule has 4 nitrogen and oxygen atoms in total.